The first kappa shape index (κ1) is 19.6. The van der Waals surface area contributed by atoms with Gasteiger partial charge in [-0.25, -0.2) is 4.79 Å². The van der Waals surface area contributed by atoms with Crippen LogP contribution in [0.1, 0.15) is 46.5 Å². The van der Waals surface area contributed by atoms with Crippen LogP contribution < -0.4 is 10.2 Å². The predicted molar refractivity (Wildman–Crippen MR) is 108 cm³/mol. The molecule has 0 aromatic heterocycles. The summed E-state index contributed by atoms with van der Waals surface area (Å²) in [6.45, 7) is 4.44. The minimum Gasteiger partial charge on any atom is -0.465 e. The number of hydrogen-bond donors (Lipinski definition) is 1. The van der Waals surface area contributed by atoms with Gasteiger partial charge in [-0.15, -0.1) is 0 Å². The first-order chi connectivity index (χ1) is 13.4. The molecule has 28 heavy (non-hydrogen) atoms. The molecular weight excluding hydrogens is 356 g/mol. The summed E-state index contributed by atoms with van der Waals surface area (Å²) >= 11 is 0. The number of ether oxygens (including phenoxy) is 1. The fourth-order valence-corrected chi connectivity index (χ4v) is 3.36. The lowest BCUT2D eigenvalue weighted by Crippen LogP contribution is -2.38. The molecule has 2 aromatic rings. The minimum atomic E-state index is -0.565. The quantitative estimate of drug-likeness (QED) is 0.822. The average Bonchev–Trinajstić information content (AvgIpc) is 2.72. The average molecular weight is 380 g/mol. The molecule has 146 valence electrons. The molecule has 0 fully saturated rings. The zero-order chi connectivity index (χ0) is 20.3. The first-order valence-electron chi connectivity index (χ1n) is 9.35. The molecule has 1 aliphatic rings. The van der Waals surface area contributed by atoms with Gasteiger partial charge in [-0.2, -0.15) is 0 Å². The molecule has 6 nitrogen and oxygen atoms in total. The number of amides is 2. The topological polar surface area (TPSA) is 75.7 Å². The standard InChI is InChI=1S/C22H24N2O4/c1-14(2)21(26)24-12-6-7-15-10-11-16(13-19(15)24)23-20(25)17-8-4-5-9-18(17)22(27)28-3/h4-5,8-11,13-14H,6-7,12H2,1-3H3,(H,23,25). The Labute approximate surface area is 164 Å². The van der Waals surface area contributed by atoms with Gasteiger partial charge in [-0.05, 0) is 42.7 Å². The van der Waals surface area contributed by atoms with Gasteiger partial charge in [0.1, 0.15) is 0 Å². The Hall–Kier alpha value is -3.15. The number of nitrogens with zero attached hydrogens (tertiary/aromatic N) is 1. The van der Waals surface area contributed by atoms with Crippen LogP contribution in [-0.2, 0) is 16.0 Å². The van der Waals surface area contributed by atoms with E-state index < -0.39 is 11.9 Å². The third-order valence-electron chi connectivity index (χ3n) is 4.80. The number of carbonyl (C=O) groups is 3. The predicted octanol–water partition coefficient (Wildman–Crippen LogP) is 3.66. The van der Waals surface area contributed by atoms with Crippen molar-refractivity contribution in [3.8, 4) is 0 Å². The normalized spacial score (nSPS) is 13.1. The van der Waals surface area contributed by atoms with Crippen LogP contribution in [0.4, 0.5) is 11.4 Å². The molecule has 0 aliphatic carbocycles. The number of methoxy groups -OCH3 is 1. The van der Waals surface area contributed by atoms with Crippen LogP contribution in [0.25, 0.3) is 0 Å². The Kier molecular flexibility index (Phi) is 5.78. The summed E-state index contributed by atoms with van der Waals surface area (Å²) in [4.78, 5) is 39.0. The van der Waals surface area contributed by atoms with Gasteiger partial charge < -0.3 is 15.0 Å². The zero-order valence-corrected chi connectivity index (χ0v) is 16.3. The summed E-state index contributed by atoms with van der Waals surface area (Å²) in [5.74, 6) is -1.00. The smallest absolute Gasteiger partial charge is 0.338 e. The van der Waals surface area contributed by atoms with Crippen LogP contribution in [0.5, 0.6) is 0 Å². The van der Waals surface area contributed by atoms with Gasteiger partial charge in [0, 0.05) is 23.8 Å². The van der Waals surface area contributed by atoms with E-state index in [9.17, 15) is 14.4 Å². The molecule has 0 bridgehead atoms. The van der Waals surface area contributed by atoms with Crippen LogP contribution in [0.3, 0.4) is 0 Å². The molecule has 6 heteroatoms. The number of carbonyl (C=O) groups excluding carboxylic acids is 3. The second-order valence-electron chi connectivity index (χ2n) is 7.08. The Morgan fingerprint density at radius 3 is 2.46 bits per heavy atom. The van der Waals surface area contributed by atoms with Crippen molar-refractivity contribution >= 4 is 29.2 Å². The summed E-state index contributed by atoms with van der Waals surface area (Å²) in [5.41, 5.74) is 2.95. The number of benzene rings is 2. The molecule has 0 atom stereocenters. The van der Waals surface area contributed by atoms with Gasteiger partial charge >= 0.3 is 5.97 Å². The number of nitrogens with one attached hydrogen (secondary N) is 1. The van der Waals surface area contributed by atoms with E-state index in [0.29, 0.717) is 12.2 Å². The van der Waals surface area contributed by atoms with Crippen LogP contribution >= 0.6 is 0 Å². The molecule has 1 heterocycles. The highest BCUT2D eigenvalue weighted by Gasteiger charge is 2.25. The number of anilines is 2. The van der Waals surface area contributed by atoms with Gasteiger partial charge in [-0.1, -0.05) is 32.0 Å². The van der Waals surface area contributed by atoms with Crippen LogP contribution in [0, 0.1) is 5.92 Å². The zero-order valence-electron chi connectivity index (χ0n) is 16.3. The summed E-state index contributed by atoms with van der Waals surface area (Å²) in [6.07, 6.45) is 1.82. The number of fused-ring (bicyclic) bond motifs is 1. The van der Waals surface area contributed by atoms with E-state index >= 15 is 0 Å². The van der Waals surface area contributed by atoms with Crippen molar-refractivity contribution in [3.05, 3.63) is 59.2 Å². The first-order valence-corrected chi connectivity index (χ1v) is 9.35. The van der Waals surface area contributed by atoms with Crippen molar-refractivity contribution in [1.82, 2.24) is 0 Å². The van der Waals surface area contributed by atoms with E-state index in [2.05, 4.69) is 5.32 Å². The van der Waals surface area contributed by atoms with Crippen molar-refractivity contribution < 1.29 is 19.1 Å². The Bertz CT molecular complexity index is 921. The molecule has 3 rings (SSSR count). The number of esters is 1. The maximum atomic E-state index is 12.7. The molecule has 0 unspecified atom stereocenters. The van der Waals surface area contributed by atoms with Crippen molar-refractivity contribution in [3.63, 3.8) is 0 Å². The Morgan fingerprint density at radius 1 is 1.07 bits per heavy atom. The van der Waals surface area contributed by atoms with E-state index in [-0.39, 0.29) is 23.0 Å². The van der Waals surface area contributed by atoms with Gasteiger partial charge in [0.2, 0.25) is 5.91 Å². The van der Waals surface area contributed by atoms with Gasteiger partial charge in [0.15, 0.2) is 0 Å². The summed E-state index contributed by atoms with van der Waals surface area (Å²) < 4.78 is 4.75. The van der Waals surface area contributed by atoms with E-state index in [1.54, 1.807) is 29.2 Å². The lowest BCUT2D eigenvalue weighted by Gasteiger charge is -2.31. The minimum absolute atomic E-state index is 0.0699. The molecule has 1 N–H and O–H groups in total. The second-order valence-corrected chi connectivity index (χ2v) is 7.08. The van der Waals surface area contributed by atoms with Gasteiger partial charge in [0.05, 0.1) is 18.2 Å². The highest BCUT2D eigenvalue weighted by atomic mass is 16.5. The Balaban J connectivity index is 1.89. The summed E-state index contributed by atoms with van der Waals surface area (Å²) in [7, 11) is 1.28. The second kappa shape index (κ2) is 8.25. The number of aryl methyl sites for hydroxylation is 1. The van der Waals surface area contributed by atoms with Crippen molar-refractivity contribution in [2.24, 2.45) is 5.92 Å². The molecule has 0 spiro atoms. The monoisotopic (exact) mass is 380 g/mol. The van der Waals surface area contributed by atoms with Crippen LogP contribution in [0.2, 0.25) is 0 Å². The highest BCUT2D eigenvalue weighted by molar-refractivity contribution is 6.11. The third kappa shape index (κ3) is 3.91. The molecule has 0 saturated heterocycles. The maximum Gasteiger partial charge on any atom is 0.338 e. The van der Waals surface area contributed by atoms with Crippen molar-refractivity contribution in [2.75, 3.05) is 23.9 Å². The van der Waals surface area contributed by atoms with Crippen molar-refractivity contribution in [2.45, 2.75) is 26.7 Å². The molecule has 1 aliphatic heterocycles. The van der Waals surface area contributed by atoms with E-state index in [1.807, 2.05) is 32.0 Å². The third-order valence-corrected chi connectivity index (χ3v) is 4.80. The van der Waals surface area contributed by atoms with E-state index in [4.69, 9.17) is 4.74 Å². The lowest BCUT2D eigenvalue weighted by molar-refractivity contribution is -0.121. The summed E-state index contributed by atoms with van der Waals surface area (Å²) in [6, 6.07) is 12.1. The SMILES string of the molecule is COC(=O)c1ccccc1C(=O)Nc1ccc2c(c1)N(C(=O)C(C)C)CCC2. The molecule has 0 saturated carbocycles. The highest BCUT2D eigenvalue weighted by Crippen LogP contribution is 2.31. The molecule has 2 aromatic carbocycles. The van der Waals surface area contributed by atoms with Gasteiger partial charge in [0.25, 0.3) is 5.91 Å². The number of hydrogen-bond acceptors (Lipinski definition) is 4. The van der Waals surface area contributed by atoms with Crippen LogP contribution in [0.15, 0.2) is 42.5 Å². The van der Waals surface area contributed by atoms with E-state index in [0.717, 1.165) is 24.1 Å². The van der Waals surface area contributed by atoms with Crippen molar-refractivity contribution in [1.29, 1.82) is 0 Å². The molecule has 2 amide bonds. The number of rotatable bonds is 4. The summed E-state index contributed by atoms with van der Waals surface area (Å²) in [5, 5.41) is 2.83. The maximum absolute atomic E-state index is 12.7. The van der Waals surface area contributed by atoms with E-state index in [1.165, 1.54) is 7.11 Å². The molecule has 0 radical (unpaired) electrons. The molecular formula is C22H24N2O4. The lowest BCUT2D eigenvalue weighted by atomic mass is 9.99. The Morgan fingerprint density at radius 2 is 1.79 bits per heavy atom. The van der Waals surface area contributed by atoms with Crippen LogP contribution in [-0.4, -0.2) is 31.4 Å². The largest absolute Gasteiger partial charge is 0.465 e. The fraction of sp³-hybridized carbons (Fsp3) is 0.318. The fourth-order valence-electron chi connectivity index (χ4n) is 3.36. The van der Waals surface area contributed by atoms with Gasteiger partial charge in [-0.3, -0.25) is 9.59 Å².